The Morgan fingerprint density at radius 3 is 2.74 bits per heavy atom. The molecule has 1 aliphatic rings. The number of nitrogens with two attached hydrogens (primary N) is 1. The van der Waals surface area contributed by atoms with Crippen LogP contribution in [0.4, 0.5) is 0 Å². The van der Waals surface area contributed by atoms with E-state index in [-0.39, 0.29) is 5.91 Å². The van der Waals surface area contributed by atoms with Crippen LogP contribution >= 0.6 is 0 Å². The molecule has 0 aliphatic carbocycles. The van der Waals surface area contributed by atoms with Crippen molar-refractivity contribution in [2.24, 2.45) is 11.7 Å². The van der Waals surface area contributed by atoms with Crippen LogP contribution in [0.3, 0.4) is 0 Å². The third-order valence-electron chi connectivity index (χ3n) is 4.02. The zero-order valence-corrected chi connectivity index (χ0v) is 11.8. The fraction of sp³-hybridized carbons (Fsp3) is 0.562. The first kappa shape index (κ1) is 14.1. The number of likely N-dealkylation sites (tertiary alicyclic amines) is 1. The van der Waals surface area contributed by atoms with E-state index >= 15 is 0 Å². The SMILES string of the molecule is CCC1CCCN(C(=O)c2ccc(CCN)cc2)C1. The Hall–Kier alpha value is -1.35. The van der Waals surface area contributed by atoms with Gasteiger partial charge in [-0.15, -0.1) is 0 Å². The standard InChI is InChI=1S/C16H24N2O/c1-2-13-4-3-11-18(12-13)16(19)15-7-5-14(6-8-15)9-10-17/h5-8,13H,2-4,9-12,17H2,1H3. The van der Waals surface area contributed by atoms with Gasteiger partial charge in [0.25, 0.3) is 5.91 Å². The summed E-state index contributed by atoms with van der Waals surface area (Å²) in [5.41, 5.74) is 7.53. The van der Waals surface area contributed by atoms with Crippen LogP contribution in [-0.2, 0) is 6.42 Å². The molecule has 0 aromatic heterocycles. The Morgan fingerprint density at radius 1 is 1.37 bits per heavy atom. The maximum absolute atomic E-state index is 12.4. The highest BCUT2D eigenvalue weighted by atomic mass is 16.2. The predicted molar refractivity (Wildman–Crippen MR) is 78.1 cm³/mol. The summed E-state index contributed by atoms with van der Waals surface area (Å²) in [5.74, 6) is 0.853. The minimum absolute atomic E-state index is 0.178. The molecule has 1 heterocycles. The third-order valence-corrected chi connectivity index (χ3v) is 4.02. The normalized spacial score (nSPS) is 19.5. The minimum Gasteiger partial charge on any atom is -0.338 e. The van der Waals surface area contributed by atoms with Crippen LogP contribution in [0, 0.1) is 5.92 Å². The van der Waals surface area contributed by atoms with Gasteiger partial charge in [0.05, 0.1) is 0 Å². The zero-order chi connectivity index (χ0) is 13.7. The molecule has 1 fully saturated rings. The van der Waals surface area contributed by atoms with E-state index in [9.17, 15) is 4.79 Å². The second-order valence-electron chi connectivity index (χ2n) is 5.40. The highest BCUT2D eigenvalue weighted by Crippen LogP contribution is 2.21. The molecule has 104 valence electrons. The predicted octanol–water partition coefficient (Wildman–Crippen LogP) is 2.45. The lowest BCUT2D eigenvalue weighted by molar-refractivity contribution is 0.0671. The first-order valence-corrected chi connectivity index (χ1v) is 7.33. The largest absolute Gasteiger partial charge is 0.338 e. The monoisotopic (exact) mass is 260 g/mol. The van der Waals surface area contributed by atoms with Gasteiger partial charge >= 0.3 is 0 Å². The maximum Gasteiger partial charge on any atom is 0.253 e. The Bertz CT molecular complexity index is 413. The summed E-state index contributed by atoms with van der Waals surface area (Å²) in [6.45, 7) is 4.68. The van der Waals surface area contributed by atoms with Gasteiger partial charge in [-0.1, -0.05) is 25.5 Å². The average molecular weight is 260 g/mol. The van der Waals surface area contributed by atoms with Crippen molar-refractivity contribution >= 4 is 5.91 Å². The topological polar surface area (TPSA) is 46.3 Å². The summed E-state index contributed by atoms with van der Waals surface area (Å²) in [4.78, 5) is 14.4. The van der Waals surface area contributed by atoms with E-state index in [1.807, 2.05) is 29.2 Å². The third kappa shape index (κ3) is 3.57. The van der Waals surface area contributed by atoms with E-state index in [1.54, 1.807) is 0 Å². The molecule has 1 aromatic carbocycles. The van der Waals surface area contributed by atoms with Crippen molar-refractivity contribution in [2.75, 3.05) is 19.6 Å². The first-order valence-electron chi connectivity index (χ1n) is 7.33. The Labute approximate surface area is 115 Å². The summed E-state index contributed by atoms with van der Waals surface area (Å²) < 4.78 is 0. The molecule has 3 nitrogen and oxygen atoms in total. The van der Waals surface area contributed by atoms with Crippen LogP contribution in [-0.4, -0.2) is 30.4 Å². The average Bonchev–Trinajstić information content (AvgIpc) is 2.48. The molecule has 1 atom stereocenters. The summed E-state index contributed by atoms with van der Waals surface area (Å²) in [7, 11) is 0. The fourth-order valence-corrected chi connectivity index (χ4v) is 2.75. The Balaban J connectivity index is 2.02. The molecule has 0 saturated carbocycles. The Morgan fingerprint density at radius 2 is 2.11 bits per heavy atom. The van der Waals surface area contributed by atoms with Crippen molar-refractivity contribution in [3.05, 3.63) is 35.4 Å². The number of benzene rings is 1. The number of carbonyl (C=O) groups is 1. The van der Waals surface area contributed by atoms with Crippen molar-refractivity contribution in [2.45, 2.75) is 32.6 Å². The summed E-state index contributed by atoms with van der Waals surface area (Å²) in [5, 5.41) is 0. The number of hydrogen-bond acceptors (Lipinski definition) is 2. The van der Waals surface area contributed by atoms with Gasteiger partial charge < -0.3 is 10.6 Å². The summed E-state index contributed by atoms with van der Waals surface area (Å²) >= 11 is 0. The van der Waals surface area contributed by atoms with Crippen molar-refractivity contribution in [3.8, 4) is 0 Å². The lowest BCUT2D eigenvalue weighted by atomic mass is 9.95. The van der Waals surface area contributed by atoms with Crippen LogP contribution in [0.15, 0.2) is 24.3 Å². The number of nitrogens with zero attached hydrogens (tertiary/aromatic N) is 1. The van der Waals surface area contributed by atoms with Gasteiger partial charge in [-0.2, -0.15) is 0 Å². The van der Waals surface area contributed by atoms with E-state index in [1.165, 1.54) is 18.4 Å². The maximum atomic E-state index is 12.4. The fourth-order valence-electron chi connectivity index (χ4n) is 2.75. The van der Waals surface area contributed by atoms with Crippen molar-refractivity contribution in [1.29, 1.82) is 0 Å². The molecule has 0 spiro atoms. The van der Waals surface area contributed by atoms with Gasteiger partial charge in [-0.3, -0.25) is 4.79 Å². The van der Waals surface area contributed by atoms with E-state index in [2.05, 4.69) is 6.92 Å². The molecule has 1 aliphatic heterocycles. The van der Waals surface area contributed by atoms with Gasteiger partial charge in [-0.25, -0.2) is 0 Å². The van der Waals surface area contributed by atoms with Crippen molar-refractivity contribution in [3.63, 3.8) is 0 Å². The number of piperidine rings is 1. The first-order chi connectivity index (χ1) is 9.24. The van der Waals surface area contributed by atoms with Crippen molar-refractivity contribution in [1.82, 2.24) is 4.90 Å². The molecule has 2 rings (SSSR count). The number of rotatable bonds is 4. The van der Waals surface area contributed by atoms with Crippen LogP contribution in [0.25, 0.3) is 0 Å². The molecule has 0 radical (unpaired) electrons. The second-order valence-corrected chi connectivity index (χ2v) is 5.40. The molecular formula is C16H24N2O. The summed E-state index contributed by atoms with van der Waals surface area (Å²) in [6.07, 6.45) is 4.43. The number of hydrogen-bond donors (Lipinski definition) is 1. The van der Waals surface area contributed by atoms with Crippen LogP contribution < -0.4 is 5.73 Å². The molecule has 1 amide bonds. The number of amides is 1. The smallest absolute Gasteiger partial charge is 0.253 e. The molecule has 1 unspecified atom stereocenters. The van der Waals surface area contributed by atoms with E-state index in [0.29, 0.717) is 12.5 Å². The van der Waals surface area contributed by atoms with E-state index < -0.39 is 0 Å². The number of carbonyl (C=O) groups excluding carboxylic acids is 1. The lowest BCUT2D eigenvalue weighted by Crippen LogP contribution is -2.39. The highest BCUT2D eigenvalue weighted by molar-refractivity contribution is 5.94. The van der Waals surface area contributed by atoms with Gasteiger partial charge in [0, 0.05) is 18.7 Å². The van der Waals surface area contributed by atoms with E-state index in [0.717, 1.165) is 31.5 Å². The van der Waals surface area contributed by atoms with Crippen molar-refractivity contribution < 1.29 is 4.79 Å². The zero-order valence-electron chi connectivity index (χ0n) is 11.8. The van der Waals surface area contributed by atoms with Crippen LogP contribution in [0.5, 0.6) is 0 Å². The molecule has 2 N–H and O–H groups in total. The molecular weight excluding hydrogens is 236 g/mol. The van der Waals surface area contributed by atoms with Crippen LogP contribution in [0.1, 0.15) is 42.1 Å². The molecule has 1 saturated heterocycles. The molecule has 1 aromatic rings. The van der Waals surface area contributed by atoms with Crippen LogP contribution in [0.2, 0.25) is 0 Å². The minimum atomic E-state index is 0.178. The van der Waals surface area contributed by atoms with Gasteiger partial charge in [-0.05, 0) is 49.4 Å². The summed E-state index contributed by atoms with van der Waals surface area (Å²) in [6, 6.07) is 7.90. The lowest BCUT2D eigenvalue weighted by Gasteiger charge is -2.32. The van der Waals surface area contributed by atoms with Gasteiger partial charge in [0.15, 0.2) is 0 Å². The van der Waals surface area contributed by atoms with Gasteiger partial charge in [0.1, 0.15) is 0 Å². The molecule has 3 heteroatoms. The van der Waals surface area contributed by atoms with E-state index in [4.69, 9.17) is 5.73 Å². The quantitative estimate of drug-likeness (QED) is 0.904. The van der Waals surface area contributed by atoms with Gasteiger partial charge in [0.2, 0.25) is 0 Å². The highest BCUT2D eigenvalue weighted by Gasteiger charge is 2.23. The Kier molecular flexibility index (Phi) is 4.97. The molecule has 19 heavy (non-hydrogen) atoms. The second kappa shape index (κ2) is 6.71. The molecule has 0 bridgehead atoms.